The zero-order chi connectivity index (χ0) is 19.8. The lowest BCUT2D eigenvalue weighted by Gasteiger charge is -2.09. The molecule has 29 heavy (non-hydrogen) atoms. The van der Waals surface area contributed by atoms with Crippen LogP contribution in [0.3, 0.4) is 0 Å². The van der Waals surface area contributed by atoms with Gasteiger partial charge in [-0.05, 0) is 44.8 Å². The Labute approximate surface area is 167 Å². The van der Waals surface area contributed by atoms with Gasteiger partial charge in [0.1, 0.15) is 0 Å². The maximum atomic E-state index is 12.3. The monoisotopic (exact) mass is 375 g/mol. The van der Waals surface area contributed by atoms with E-state index in [2.05, 4.69) is 41.4 Å². The highest BCUT2D eigenvalue weighted by molar-refractivity contribution is 6.34. The van der Waals surface area contributed by atoms with Crippen molar-refractivity contribution in [2.24, 2.45) is 0 Å². The molecule has 0 aliphatic carbocycles. The van der Waals surface area contributed by atoms with E-state index < -0.39 is 5.78 Å². The molecule has 0 saturated heterocycles. The summed E-state index contributed by atoms with van der Waals surface area (Å²) in [4.78, 5) is 26.6. The van der Waals surface area contributed by atoms with Crippen molar-refractivity contribution in [3.63, 3.8) is 0 Å². The van der Waals surface area contributed by atoms with Crippen LogP contribution < -0.4 is 0 Å². The summed E-state index contributed by atoms with van der Waals surface area (Å²) in [5.74, 6) is -0.555. The number of fused-ring (bicyclic) bond motifs is 2. The molecule has 3 heteroatoms. The third-order valence-corrected chi connectivity index (χ3v) is 5.33. The number of benzene rings is 4. The summed E-state index contributed by atoms with van der Waals surface area (Å²) >= 11 is 0. The van der Waals surface area contributed by atoms with Crippen molar-refractivity contribution in [1.29, 1.82) is 0 Å². The number of hydrogen-bond donors (Lipinski definition) is 1. The van der Waals surface area contributed by atoms with E-state index in [1.165, 1.54) is 0 Å². The minimum absolute atomic E-state index is 0.318. The van der Waals surface area contributed by atoms with Crippen LogP contribution in [-0.2, 0) is 4.79 Å². The Balaban J connectivity index is 1.76. The number of Topliss-reactive ketones (excluding diaryl/α,β-unsaturated/α-hetero) is 1. The number of aromatic amines is 1. The van der Waals surface area contributed by atoms with Crippen molar-refractivity contribution in [2.75, 3.05) is 0 Å². The molecule has 4 aromatic carbocycles. The second-order valence-electron chi connectivity index (χ2n) is 7.06. The number of carbonyl (C=O) groups excluding carboxylic acids is 2. The van der Waals surface area contributed by atoms with Crippen molar-refractivity contribution >= 4 is 33.6 Å². The molecule has 0 fully saturated rings. The van der Waals surface area contributed by atoms with Gasteiger partial charge in [-0.15, -0.1) is 0 Å². The van der Waals surface area contributed by atoms with E-state index >= 15 is 0 Å². The molecule has 0 bridgehead atoms. The number of rotatable bonds is 4. The largest absolute Gasteiger partial charge is 0.357 e. The van der Waals surface area contributed by atoms with Gasteiger partial charge >= 0.3 is 0 Å². The minimum atomic E-state index is -0.555. The molecule has 138 valence electrons. The Morgan fingerprint density at radius 3 is 1.86 bits per heavy atom. The molecule has 1 aromatic heterocycles. The molecule has 0 aliphatic heterocycles. The average molecular weight is 375 g/mol. The van der Waals surface area contributed by atoms with Gasteiger partial charge in [0, 0.05) is 17.3 Å². The lowest BCUT2D eigenvalue weighted by Crippen LogP contribution is -2.02. The summed E-state index contributed by atoms with van der Waals surface area (Å²) in [5.41, 5.74) is 3.86. The van der Waals surface area contributed by atoms with Crippen LogP contribution >= 0.6 is 0 Å². The predicted molar refractivity (Wildman–Crippen MR) is 117 cm³/mol. The highest BCUT2D eigenvalue weighted by atomic mass is 16.2. The van der Waals surface area contributed by atoms with Gasteiger partial charge in [0.15, 0.2) is 6.29 Å². The van der Waals surface area contributed by atoms with Crippen LogP contribution in [-0.4, -0.2) is 17.1 Å². The fraction of sp³-hybridized carbons (Fsp3) is 0. The minimum Gasteiger partial charge on any atom is -0.357 e. The third kappa shape index (κ3) is 2.93. The van der Waals surface area contributed by atoms with Crippen LogP contribution in [0.4, 0.5) is 0 Å². The molecule has 0 amide bonds. The van der Waals surface area contributed by atoms with Crippen molar-refractivity contribution in [3.05, 3.63) is 96.8 Å². The van der Waals surface area contributed by atoms with E-state index in [4.69, 9.17) is 0 Å². The van der Waals surface area contributed by atoms with E-state index in [9.17, 15) is 9.59 Å². The number of nitrogens with one attached hydrogen (secondary N) is 1. The standard InChI is InChI=1S/C26H17NO2/c28-16-24(29)26-25(22-12-10-18-6-2-4-8-20(18)14-22)23(15-27-26)21-11-9-17-5-1-3-7-19(17)13-21/h1-16,27H. The highest BCUT2D eigenvalue weighted by Crippen LogP contribution is 2.37. The number of hydrogen-bond acceptors (Lipinski definition) is 2. The van der Waals surface area contributed by atoms with Gasteiger partial charge in [0.25, 0.3) is 0 Å². The summed E-state index contributed by atoms with van der Waals surface area (Å²) in [5, 5.41) is 4.49. The molecule has 0 unspecified atom stereocenters. The molecule has 0 radical (unpaired) electrons. The molecule has 0 aliphatic rings. The lowest BCUT2D eigenvalue weighted by molar-refractivity contribution is -0.104. The van der Waals surface area contributed by atoms with Crippen LogP contribution in [0, 0.1) is 0 Å². The Kier molecular flexibility index (Phi) is 4.07. The molecular formula is C26H17NO2. The Bertz CT molecular complexity index is 1390. The zero-order valence-electron chi connectivity index (χ0n) is 15.6. The normalized spacial score (nSPS) is 11.0. The maximum Gasteiger partial charge on any atom is 0.242 e. The van der Waals surface area contributed by atoms with Crippen LogP contribution in [0.25, 0.3) is 43.8 Å². The molecular weight excluding hydrogens is 358 g/mol. The first-order chi connectivity index (χ1) is 14.2. The van der Waals surface area contributed by atoms with Gasteiger partial charge in [-0.2, -0.15) is 0 Å². The summed E-state index contributed by atoms with van der Waals surface area (Å²) < 4.78 is 0. The second kappa shape index (κ2) is 6.88. The molecule has 1 N–H and O–H groups in total. The third-order valence-electron chi connectivity index (χ3n) is 5.33. The van der Waals surface area contributed by atoms with E-state index in [-0.39, 0.29) is 0 Å². The predicted octanol–water partition coefficient (Wildman–Crippen LogP) is 6.04. The van der Waals surface area contributed by atoms with Gasteiger partial charge in [0.2, 0.25) is 5.78 Å². The number of aromatic nitrogens is 1. The molecule has 0 spiro atoms. The summed E-state index contributed by atoms with van der Waals surface area (Å²) in [6.45, 7) is 0. The van der Waals surface area contributed by atoms with E-state index in [0.717, 1.165) is 43.8 Å². The molecule has 0 atom stereocenters. The summed E-state index contributed by atoms with van der Waals surface area (Å²) in [6, 6.07) is 28.6. The van der Waals surface area contributed by atoms with Gasteiger partial charge in [0.05, 0.1) is 5.69 Å². The van der Waals surface area contributed by atoms with Crippen LogP contribution in [0.5, 0.6) is 0 Å². The lowest BCUT2D eigenvalue weighted by atomic mass is 9.93. The number of carbonyl (C=O) groups is 2. The van der Waals surface area contributed by atoms with Gasteiger partial charge in [-0.25, -0.2) is 0 Å². The first kappa shape index (κ1) is 17.1. The fourth-order valence-corrected chi connectivity index (χ4v) is 3.91. The SMILES string of the molecule is O=CC(=O)c1[nH]cc(-c2ccc3ccccc3c2)c1-c1ccc2ccccc2c1. The Morgan fingerprint density at radius 2 is 1.24 bits per heavy atom. The van der Waals surface area contributed by atoms with Crippen molar-refractivity contribution in [3.8, 4) is 22.3 Å². The molecule has 3 nitrogen and oxygen atoms in total. The van der Waals surface area contributed by atoms with Crippen molar-refractivity contribution in [2.45, 2.75) is 0 Å². The van der Waals surface area contributed by atoms with E-state index in [0.29, 0.717) is 12.0 Å². The Morgan fingerprint density at radius 1 is 0.690 bits per heavy atom. The topological polar surface area (TPSA) is 49.9 Å². The highest BCUT2D eigenvalue weighted by Gasteiger charge is 2.20. The smallest absolute Gasteiger partial charge is 0.242 e. The van der Waals surface area contributed by atoms with Gasteiger partial charge < -0.3 is 4.98 Å². The number of ketones is 1. The van der Waals surface area contributed by atoms with Crippen LogP contribution in [0.2, 0.25) is 0 Å². The summed E-state index contributed by atoms with van der Waals surface area (Å²) in [6.07, 6.45) is 2.17. The second-order valence-corrected chi connectivity index (χ2v) is 7.06. The molecule has 1 heterocycles. The maximum absolute atomic E-state index is 12.3. The van der Waals surface area contributed by atoms with Gasteiger partial charge in [-0.1, -0.05) is 72.8 Å². The number of aldehydes is 1. The van der Waals surface area contributed by atoms with Crippen molar-refractivity contribution in [1.82, 2.24) is 4.98 Å². The zero-order valence-corrected chi connectivity index (χ0v) is 15.6. The molecule has 0 saturated carbocycles. The van der Waals surface area contributed by atoms with Gasteiger partial charge in [-0.3, -0.25) is 9.59 Å². The molecule has 5 aromatic rings. The first-order valence-electron chi connectivity index (χ1n) is 9.44. The fourth-order valence-electron chi connectivity index (χ4n) is 3.91. The Hall–Kier alpha value is -3.98. The summed E-state index contributed by atoms with van der Waals surface area (Å²) in [7, 11) is 0. The van der Waals surface area contributed by atoms with E-state index in [1.54, 1.807) is 0 Å². The van der Waals surface area contributed by atoms with Crippen LogP contribution in [0.1, 0.15) is 10.5 Å². The van der Waals surface area contributed by atoms with E-state index in [1.807, 2.05) is 54.7 Å². The first-order valence-corrected chi connectivity index (χ1v) is 9.44. The average Bonchev–Trinajstić information content (AvgIpc) is 3.23. The van der Waals surface area contributed by atoms with Crippen LogP contribution in [0.15, 0.2) is 91.1 Å². The quantitative estimate of drug-likeness (QED) is 0.237. The molecule has 5 rings (SSSR count). The number of H-pyrrole nitrogens is 1. The van der Waals surface area contributed by atoms with Crippen molar-refractivity contribution < 1.29 is 9.59 Å².